The summed E-state index contributed by atoms with van der Waals surface area (Å²) in [5.74, 6) is 0.864. The zero-order chi connectivity index (χ0) is 15.2. The topological polar surface area (TPSA) is 35.5 Å². The second-order valence-corrected chi connectivity index (χ2v) is 6.18. The third-order valence-electron chi connectivity index (χ3n) is 3.79. The fourth-order valence-corrected chi connectivity index (χ4v) is 2.59. The molecular weight excluding hydrogens is 264 g/mol. The maximum atomic E-state index is 12.0. The zero-order valence-corrected chi connectivity index (χ0v) is 13.4. The largest absolute Gasteiger partial charge is 0.479 e. The van der Waals surface area contributed by atoms with Crippen LogP contribution in [0.15, 0.2) is 18.2 Å². The fraction of sp³-hybridized carbons (Fsp3) is 0.611. The van der Waals surface area contributed by atoms with Crippen molar-refractivity contribution in [2.75, 3.05) is 6.61 Å². The van der Waals surface area contributed by atoms with Crippen LogP contribution >= 0.6 is 0 Å². The lowest BCUT2D eigenvalue weighted by molar-refractivity contribution is -0.153. The van der Waals surface area contributed by atoms with Crippen LogP contribution in [-0.2, 0) is 22.4 Å². The standard InChI is InChI=1S/C18H26O3/c1-4-17(18(19)20-12-13(2)3)21-16-10-9-14-7-5-6-8-15(14)11-16/h9-11,13,17H,4-8,12H2,1-3H3. The summed E-state index contributed by atoms with van der Waals surface area (Å²) in [7, 11) is 0. The predicted octanol–water partition coefficient (Wildman–Crippen LogP) is 3.92. The van der Waals surface area contributed by atoms with Gasteiger partial charge in [-0.1, -0.05) is 26.8 Å². The Morgan fingerprint density at radius 3 is 2.57 bits per heavy atom. The van der Waals surface area contributed by atoms with Gasteiger partial charge in [-0.2, -0.15) is 0 Å². The maximum absolute atomic E-state index is 12.0. The van der Waals surface area contributed by atoms with Gasteiger partial charge in [0.15, 0.2) is 6.10 Å². The molecule has 116 valence electrons. The van der Waals surface area contributed by atoms with Gasteiger partial charge in [0.25, 0.3) is 0 Å². The van der Waals surface area contributed by atoms with Crippen LogP contribution in [0.1, 0.15) is 51.2 Å². The lowest BCUT2D eigenvalue weighted by atomic mass is 9.92. The molecule has 3 nitrogen and oxygen atoms in total. The van der Waals surface area contributed by atoms with E-state index in [9.17, 15) is 4.79 Å². The van der Waals surface area contributed by atoms with Crippen molar-refractivity contribution in [2.45, 2.75) is 59.0 Å². The average Bonchev–Trinajstić information content (AvgIpc) is 2.50. The Morgan fingerprint density at radius 1 is 1.19 bits per heavy atom. The van der Waals surface area contributed by atoms with Crippen LogP contribution in [0.5, 0.6) is 5.75 Å². The molecular formula is C18H26O3. The zero-order valence-electron chi connectivity index (χ0n) is 13.4. The van der Waals surface area contributed by atoms with Crippen LogP contribution in [0.25, 0.3) is 0 Å². The van der Waals surface area contributed by atoms with E-state index in [4.69, 9.17) is 9.47 Å². The van der Waals surface area contributed by atoms with Crippen molar-refractivity contribution in [1.29, 1.82) is 0 Å². The first-order valence-corrected chi connectivity index (χ1v) is 8.05. The molecule has 21 heavy (non-hydrogen) atoms. The quantitative estimate of drug-likeness (QED) is 0.745. The van der Waals surface area contributed by atoms with E-state index in [-0.39, 0.29) is 5.97 Å². The summed E-state index contributed by atoms with van der Waals surface area (Å²) in [6.45, 7) is 6.44. The lowest BCUT2D eigenvalue weighted by Gasteiger charge is -2.20. The molecule has 1 unspecified atom stereocenters. The van der Waals surface area contributed by atoms with Crippen LogP contribution in [0.2, 0.25) is 0 Å². The molecule has 3 heteroatoms. The number of carbonyl (C=O) groups excluding carboxylic acids is 1. The smallest absolute Gasteiger partial charge is 0.347 e. The third-order valence-corrected chi connectivity index (χ3v) is 3.79. The van der Waals surface area contributed by atoms with Crippen molar-refractivity contribution in [3.63, 3.8) is 0 Å². The third kappa shape index (κ3) is 4.48. The van der Waals surface area contributed by atoms with Gasteiger partial charge in [-0.25, -0.2) is 4.79 Å². The van der Waals surface area contributed by atoms with Gasteiger partial charge in [0, 0.05) is 0 Å². The van der Waals surface area contributed by atoms with Crippen LogP contribution in [0.3, 0.4) is 0 Å². The number of esters is 1. The Morgan fingerprint density at radius 2 is 1.90 bits per heavy atom. The Bertz CT molecular complexity index is 479. The first-order chi connectivity index (χ1) is 10.1. The molecule has 0 radical (unpaired) electrons. The molecule has 0 aromatic heterocycles. The fourth-order valence-electron chi connectivity index (χ4n) is 2.59. The van der Waals surface area contributed by atoms with E-state index in [0.717, 1.165) is 18.6 Å². The van der Waals surface area contributed by atoms with Gasteiger partial charge >= 0.3 is 5.97 Å². The van der Waals surface area contributed by atoms with Crippen molar-refractivity contribution in [3.8, 4) is 5.75 Å². The summed E-state index contributed by atoms with van der Waals surface area (Å²) in [5.41, 5.74) is 2.79. The summed E-state index contributed by atoms with van der Waals surface area (Å²) >= 11 is 0. The van der Waals surface area contributed by atoms with Gasteiger partial charge in [0.1, 0.15) is 5.75 Å². The number of ether oxygens (including phenoxy) is 2. The molecule has 1 aromatic carbocycles. The molecule has 0 saturated carbocycles. The number of rotatable bonds is 6. The number of hydrogen-bond donors (Lipinski definition) is 0. The van der Waals surface area contributed by atoms with Gasteiger partial charge in [-0.05, 0) is 61.3 Å². The van der Waals surface area contributed by atoms with Crippen LogP contribution in [-0.4, -0.2) is 18.7 Å². The van der Waals surface area contributed by atoms with Crippen molar-refractivity contribution in [2.24, 2.45) is 5.92 Å². The van der Waals surface area contributed by atoms with Crippen molar-refractivity contribution in [3.05, 3.63) is 29.3 Å². The first kappa shape index (κ1) is 15.9. The molecule has 0 aliphatic heterocycles. The molecule has 0 saturated heterocycles. The van der Waals surface area contributed by atoms with Gasteiger partial charge in [0.2, 0.25) is 0 Å². The molecule has 1 aliphatic rings. The molecule has 0 bridgehead atoms. The number of carbonyl (C=O) groups is 1. The highest BCUT2D eigenvalue weighted by Crippen LogP contribution is 2.26. The van der Waals surface area contributed by atoms with Crippen LogP contribution in [0, 0.1) is 5.92 Å². The number of benzene rings is 1. The summed E-state index contributed by atoms with van der Waals surface area (Å²) in [6.07, 6.45) is 4.89. The van der Waals surface area contributed by atoms with Crippen LogP contribution in [0.4, 0.5) is 0 Å². The molecule has 1 atom stereocenters. The van der Waals surface area contributed by atoms with E-state index in [0.29, 0.717) is 18.9 Å². The Kier molecular flexibility index (Phi) is 5.66. The van der Waals surface area contributed by atoms with E-state index >= 15 is 0 Å². The molecule has 0 fully saturated rings. The lowest BCUT2D eigenvalue weighted by Crippen LogP contribution is -2.29. The Balaban J connectivity index is 1.99. The predicted molar refractivity (Wildman–Crippen MR) is 83.6 cm³/mol. The van der Waals surface area contributed by atoms with Gasteiger partial charge in [0.05, 0.1) is 6.61 Å². The number of hydrogen-bond acceptors (Lipinski definition) is 3. The molecule has 2 rings (SSSR count). The monoisotopic (exact) mass is 290 g/mol. The molecule has 1 aromatic rings. The molecule has 0 amide bonds. The van der Waals surface area contributed by atoms with E-state index in [1.807, 2.05) is 26.8 Å². The molecule has 1 aliphatic carbocycles. The van der Waals surface area contributed by atoms with Gasteiger partial charge in [-0.15, -0.1) is 0 Å². The maximum Gasteiger partial charge on any atom is 0.347 e. The van der Waals surface area contributed by atoms with E-state index < -0.39 is 6.10 Å². The minimum Gasteiger partial charge on any atom is -0.479 e. The SMILES string of the molecule is CCC(Oc1ccc2c(c1)CCCC2)C(=O)OCC(C)C. The molecule has 0 N–H and O–H groups in total. The molecule has 0 spiro atoms. The van der Waals surface area contributed by atoms with E-state index in [1.54, 1.807) is 0 Å². The Hall–Kier alpha value is -1.51. The van der Waals surface area contributed by atoms with E-state index in [1.165, 1.54) is 24.0 Å². The van der Waals surface area contributed by atoms with Gasteiger partial charge in [-0.3, -0.25) is 0 Å². The highest BCUT2D eigenvalue weighted by atomic mass is 16.6. The Labute approximate surface area is 127 Å². The van der Waals surface area contributed by atoms with Crippen molar-refractivity contribution in [1.82, 2.24) is 0 Å². The van der Waals surface area contributed by atoms with E-state index in [2.05, 4.69) is 12.1 Å². The van der Waals surface area contributed by atoms with Gasteiger partial charge < -0.3 is 9.47 Å². The number of aryl methyl sites for hydroxylation is 2. The van der Waals surface area contributed by atoms with Crippen molar-refractivity contribution < 1.29 is 14.3 Å². The second kappa shape index (κ2) is 7.48. The highest BCUT2D eigenvalue weighted by molar-refractivity contribution is 5.75. The normalized spacial score (nSPS) is 15.4. The average molecular weight is 290 g/mol. The second-order valence-electron chi connectivity index (χ2n) is 6.18. The summed E-state index contributed by atoms with van der Waals surface area (Å²) in [4.78, 5) is 12.0. The highest BCUT2D eigenvalue weighted by Gasteiger charge is 2.21. The summed E-state index contributed by atoms with van der Waals surface area (Å²) < 4.78 is 11.1. The first-order valence-electron chi connectivity index (χ1n) is 8.05. The minimum absolute atomic E-state index is 0.260. The number of fused-ring (bicyclic) bond motifs is 1. The summed E-state index contributed by atoms with van der Waals surface area (Å²) in [6, 6.07) is 6.20. The minimum atomic E-state index is -0.509. The van der Waals surface area contributed by atoms with Crippen molar-refractivity contribution >= 4 is 5.97 Å². The van der Waals surface area contributed by atoms with Crippen LogP contribution < -0.4 is 4.74 Å². The summed E-state index contributed by atoms with van der Waals surface area (Å²) in [5, 5.41) is 0. The molecule has 0 heterocycles.